The number of amides is 2. The minimum atomic E-state index is 0.00193. The molecule has 0 bridgehead atoms. The Hall–Kier alpha value is -1.36. The van der Waals surface area contributed by atoms with Crippen molar-refractivity contribution in [2.24, 2.45) is 11.8 Å². The van der Waals surface area contributed by atoms with Gasteiger partial charge in [-0.1, -0.05) is 22.0 Å². The van der Waals surface area contributed by atoms with Crippen molar-refractivity contribution >= 4 is 33.4 Å². The van der Waals surface area contributed by atoms with Gasteiger partial charge in [0.05, 0.1) is 0 Å². The molecule has 1 fully saturated rings. The normalized spacial score (nSPS) is 21.5. The van der Waals surface area contributed by atoms with E-state index in [2.05, 4.69) is 26.6 Å². The van der Waals surface area contributed by atoms with E-state index in [-0.39, 0.29) is 29.7 Å². The van der Waals surface area contributed by atoms with Gasteiger partial charge >= 0.3 is 0 Å². The summed E-state index contributed by atoms with van der Waals surface area (Å²) < 4.78 is 0.944. The molecule has 0 spiro atoms. The van der Waals surface area contributed by atoms with E-state index < -0.39 is 0 Å². The van der Waals surface area contributed by atoms with E-state index in [0.29, 0.717) is 0 Å². The third kappa shape index (κ3) is 4.83. The summed E-state index contributed by atoms with van der Waals surface area (Å²) in [5, 5.41) is 5.92. The zero-order chi connectivity index (χ0) is 16.1. The molecule has 0 radical (unpaired) electrons. The van der Waals surface area contributed by atoms with Crippen molar-refractivity contribution in [3.8, 4) is 0 Å². The maximum absolute atomic E-state index is 12.3. The average molecular weight is 367 g/mol. The van der Waals surface area contributed by atoms with Gasteiger partial charge in [0.2, 0.25) is 11.8 Å². The van der Waals surface area contributed by atoms with Crippen LogP contribution in [-0.2, 0) is 9.59 Å². The van der Waals surface area contributed by atoms with Crippen LogP contribution in [0.2, 0.25) is 0 Å². The standard InChI is InChI=1S/C17H23BrN2O2/c1-11(2)19-16(21)12-6-8-13(9-7-12)17(22)20-15-5-3-4-14(18)10-15/h3-5,10-13H,6-9H2,1-2H3,(H,19,21)(H,20,22). The highest BCUT2D eigenvalue weighted by molar-refractivity contribution is 9.10. The topological polar surface area (TPSA) is 58.2 Å². The molecule has 1 aliphatic rings. The quantitative estimate of drug-likeness (QED) is 0.852. The molecule has 2 rings (SSSR count). The number of carbonyl (C=O) groups is 2. The van der Waals surface area contributed by atoms with E-state index in [1.54, 1.807) is 0 Å². The van der Waals surface area contributed by atoms with Gasteiger partial charge in [-0.2, -0.15) is 0 Å². The minimum Gasteiger partial charge on any atom is -0.354 e. The number of rotatable bonds is 4. The second-order valence-corrected chi connectivity index (χ2v) is 7.13. The van der Waals surface area contributed by atoms with E-state index in [0.717, 1.165) is 35.8 Å². The highest BCUT2D eigenvalue weighted by Gasteiger charge is 2.30. The fourth-order valence-corrected chi connectivity index (χ4v) is 3.23. The molecule has 4 nitrogen and oxygen atoms in total. The Morgan fingerprint density at radius 3 is 2.23 bits per heavy atom. The fraction of sp³-hybridized carbons (Fsp3) is 0.529. The van der Waals surface area contributed by atoms with Crippen LogP contribution < -0.4 is 10.6 Å². The van der Waals surface area contributed by atoms with Crippen LogP contribution in [0.5, 0.6) is 0 Å². The molecule has 0 saturated heterocycles. The second kappa shape index (κ2) is 7.77. The number of halogens is 1. The van der Waals surface area contributed by atoms with E-state index in [1.165, 1.54) is 0 Å². The molecule has 0 aliphatic heterocycles. The van der Waals surface area contributed by atoms with Crippen LogP contribution in [0.3, 0.4) is 0 Å². The predicted octanol–water partition coefficient (Wildman–Crippen LogP) is 3.72. The second-order valence-electron chi connectivity index (χ2n) is 6.21. The monoisotopic (exact) mass is 366 g/mol. The maximum atomic E-state index is 12.3. The van der Waals surface area contributed by atoms with Gasteiger partial charge in [-0.25, -0.2) is 0 Å². The lowest BCUT2D eigenvalue weighted by molar-refractivity contribution is -0.128. The zero-order valence-electron chi connectivity index (χ0n) is 13.1. The summed E-state index contributed by atoms with van der Waals surface area (Å²) in [5.74, 6) is 0.237. The van der Waals surface area contributed by atoms with Gasteiger partial charge in [-0.05, 0) is 57.7 Å². The first-order chi connectivity index (χ1) is 10.5. The summed E-state index contributed by atoms with van der Waals surface area (Å²) in [4.78, 5) is 24.3. The average Bonchev–Trinajstić information content (AvgIpc) is 2.46. The Kier molecular flexibility index (Phi) is 6.00. The van der Waals surface area contributed by atoms with E-state index >= 15 is 0 Å². The van der Waals surface area contributed by atoms with Gasteiger partial charge in [-0.15, -0.1) is 0 Å². The lowest BCUT2D eigenvalue weighted by Gasteiger charge is -2.27. The molecule has 0 unspecified atom stereocenters. The molecule has 0 heterocycles. The van der Waals surface area contributed by atoms with Crippen molar-refractivity contribution < 1.29 is 9.59 Å². The minimum absolute atomic E-state index is 0.00193. The first-order valence-electron chi connectivity index (χ1n) is 7.82. The lowest BCUT2D eigenvalue weighted by atomic mass is 9.81. The Morgan fingerprint density at radius 1 is 1.09 bits per heavy atom. The summed E-state index contributed by atoms with van der Waals surface area (Å²) in [6, 6.07) is 7.76. The molecule has 0 atom stereocenters. The molecule has 2 amide bonds. The molecule has 1 saturated carbocycles. The molecular formula is C17H23BrN2O2. The molecule has 22 heavy (non-hydrogen) atoms. The number of carbonyl (C=O) groups excluding carboxylic acids is 2. The maximum Gasteiger partial charge on any atom is 0.227 e. The van der Waals surface area contributed by atoms with Gasteiger partial charge in [0.15, 0.2) is 0 Å². The Morgan fingerprint density at radius 2 is 1.68 bits per heavy atom. The summed E-state index contributed by atoms with van der Waals surface area (Å²) >= 11 is 3.40. The van der Waals surface area contributed by atoms with Crippen molar-refractivity contribution in [2.45, 2.75) is 45.6 Å². The number of nitrogens with one attached hydrogen (secondary N) is 2. The van der Waals surface area contributed by atoms with Crippen LogP contribution in [-0.4, -0.2) is 17.9 Å². The van der Waals surface area contributed by atoms with Crippen LogP contribution in [0.25, 0.3) is 0 Å². The molecule has 1 aliphatic carbocycles. The van der Waals surface area contributed by atoms with Crippen molar-refractivity contribution in [1.82, 2.24) is 5.32 Å². The number of hydrogen-bond donors (Lipinski definition) is 2. The van der Waals surface area contributed by atoms with Gasteiger partial charge in [0, 0.05) is 28.0 Å². The predicted molar refractivity (Wildman–Crippen MR) is 91.5 cm³/mol. The van der Waals surface area contributed by atoms with Gasteiger partial charge in [0.25, 0.3) is 0 Å². The highest BCUT2D eigenvalue weighted by atomic mass is 79.9. The largest absolute Gasteiger partial charge is 0.354 e. The summed E-state index contributed by atoms with van der Waals surface area (Å²) in [7, 11) is 0. The number of anilines is 1. The van der Waals surface area contributed by atoms with Gasteiger partial charge in [0.1, 0.15) is 0 Å². The van der Waals surface area contributed by atoms with E-state index in [1.807, 2.05) is 38.1 Å². The summed E-state index contributed by atoms with van der Waals surface area (Å²) in [5.41, 5.74) is 0.805. The van der Waals surface area contributed by atoms with Crippen LogP contribution >= 0.6 is 15.9 Å². The molecule has 1 aromatic rings. The first kappa shape index (κ1) is 17.0. The van der Waals surface area contributed by atoms with Crippen LogP contribution in [0.4, 0.5) is 5.69 Å². The first-order valence-corrected chi connectivity index (χ1v) is 8.62. The fourth-order valence-electron chi connectivity index (χ4n) is 2.83. The van der Waals surface area contributed by atoms with Crippen molar-refractivity contribution in [3.63, 3.8) is 0 Å². The summed E-state index contributed by atoms with van der Waals surface area (Å²) in [6.45, 7) is 3.93. The molecule has 1 aromatic carbocycles. The van der Waals surface area contributed by atoms with Crippen molar-refractivity contribution in [2.75, 3.05) is 5.32 Å². The van der Waals surface area contributed by atoms with Crippen LogP contribution in [0.15, 0.2) is 28.7 Å². The lowest BCUT2D eigenvalue weighted by Crippen LogP contribution is -2.38. The Balaban J connectivity index is 1.83. The Labute approximate surface area is 140 Å². The SMILES string of the molecule is CC(C)NC(=O)C1CCC(C(=O)Nc2cccc(Br)c2)CC1. The van der Waals surface area contributed by atoms with Gasteiger partial charge in [-0.3, -0.25) is 9.59 Å². The summed E-state index contributed by atoms with van der Waals surface area (Å²) in [6.07, 6.45) is 3.12. The molecule has 120 valence electrons. The van der Waals surface area contributed by atoms with E-state index in [9.17, 15) is 9.59 Å². The van der Waals surface area contributed by atoms with Crippen LogP contribution in [0.1, 0.15) is 39.5 Å². The molecule has 5 heteroatoms. The molecular weight excluding hydrogens is 344 g/mol. The zero-order valence-corrected chi connectivity index (χ0v) is 14.7. The molecule has 2 N–H and O–H groups in total. The number of hydrogen-bond acceptors (Lipinski definition) is 2. The van der Waals surface area contributed by atoms with Crippen molar-refractivity contribution in [1.29, 1.82) is 0 Å². The van der Waals surface area contributed by atoms with E-state index in [4.69, 9.17) is 0 Å². The van der Waals surface area contributed by atoms with Crippen molar-refractivity contribution in [3.05, 3.63) is 28.7 Å². The third-order valence-electron chi connectivity index (χ3n) is 3.99. The van der Waals surface area contributed by atoms with Crippen LogP contribution in [0, 0.1) is 11.8 Å². The number of benzene rings is 1. The third-order valence-corrected chi connectivity index (χ3v) is 4.49. The van der Waals surface area contributed by atoms with Gasteiger partial charge < -0.3 is 10.6 Å². The highest BCUT2D eigenvalue weighted by Crippen LogP contribution is 2.30. The molecule has 0 aromatic heterocycles. The Bertz CT molecular complexity index is 537. The smallest absolute Gasteiger partial charge is 0.227 e.